The highest BCUT2D eigenvalue weighted by Gasteiger charge is 2.36. The van der Waals surface area contributed by atoms with Crippen LogP contribution in [0.15, 0.2) is 70.4 Å². The van der Waals surface area contributed by atoms with Gasteiger partial charge in [-0.1, -0.05) is 61.9 Å². The summed E-state index contributed by atoms with van der Waals surface area (Å²) >= 11 is 1.36. The molecule has 32 heavy (non-hydrogen) atoms. The molecule has 2 aliphatic rings. The van der Waals surface area contributed by atoms with E-state index in [0.29, 0.717) is 5.17 Å². The molecule has 3 heterocycles. The smallest absolute Gasteiger partial charge is 0.283 e. The van der Waals surface area contributed by atoms with Gasteiger partial charge in [-0.05, 0) is 36.4 Å². The Morgan fingerprint density at radius 2 is 1.97 bits per heavy atom. The molecule has 160 valence electrons. The molecule has 0 saturated carbocycles. The van der Waals surface area contributed by atoms with Crippen LogP contribution < -0.4 is 0 Å². The van der Waals surface area contributed by atoms with Crippen molar-refractivity contribution in [1.82, 2.24) is 9.58 Å². The fourth-order valence-electron chi connectivity index (χ4n) is 3.92. The fraction of sp³-hybridized carbons (Fsp3) is 0.200. The summed E-state index contributed by atoms with van der Waals surface area (Å²) in [5.41, 5.74) is 4.66. The molecule has 7 heteroatoms. The Labute approximate surface area is 190 Å². The molecule has 0 bridgehead atoms. The van der Waals surface area contributed by atoms with Crippen molar-refractivity contribution in [1.29, 1.82) is 5.41 Å². The van der Waals surface area contributed by atoms with E-state index in [9.17, 15) is 4.79 Å². The van der Waals surface area contributed by atoms with E-state index in [2.05, 4.69) is 51.9 Å². The third kappa shape index (κ3) is 3.58. The number of nitrogens with zero attached hydrogens (tertiary/aromatic N) is 4. The van der Waals surface area contributed by atoms with Crippen LogP contribution in [0.4, 0.5) is 0 Å². The van der Waals surface area contributed by atoms with Crippen LogP contribution in [0.1, 0.15) is 30.5 Å². The van der Waals surface area contributed by atoms with Gasteiger partial charge in [0, 0.05) is 35.1 Å². The predicted molar refractivity (Wildman–Crippen MR) is 132 cm³/mol. The van der Waals surface area contributed by atoms with E-state index in [1.54, 1.807) is 6.08 Å². The minimum Gasteiger partial charge on any atom is -0.342 e. The molecular formula is C25H23N5OS. The molecule has 0 radical (unpaired) electrons. The van der Waals surface area contributed by atoms with Gasteiger partial charge < -0.3 is 4.57 Å². The highest BCUT2D eigenvalue weighted by molar-refractivity contribution is 8.27. The number of amidine groups is 2. The summed E-state index contributed by atoms with van der Waals surface area (Å²) in [6.45, 7) is 6.89. The topological polar surface area (TPSA) is 73.8 Å². The Morgan fingerprint density at radius 3 is 2.75 bits per heavy atom. The quantitative estimate of drug-likeness (QED) is 0.560. The van der Waals surface area contributed by atoms with E-state index >= 15 is 0 Å². The SMILES string of the molecule is Cc1cccc(Cn2cc(/C=C3\C(=N)N4N=C(C(C)C)SC4=NC3=O)c3ccccc32)c1. The number of rotatable bonds is 4. The number of aryl methyl sites for hydroxylation is 1. The van der Waals surface area contributed by atoms with Gasteiger partial charge in [0.25, 0.3) is 5.91 Å². The van der Waals surface area contributed by atoms with E-state index in [4.69, 9.17) is 5.41 Å². The second kappa shape index (κ2) is 7.91. The Balaban J connectivity index is 1.56. The first kappa shape index (κ1) is 20.5. The molecule has 0 unspecified atom stereocenters. The molecule has 1 amide bonds. The van der Waals surface area contributed by atoms with Crippen molar-refractivity contribution in [3.63, 3.8) is 0 Å². The molecule has 0 atom stereocenters. The molecule has 3 aromatic rings. The number of thioether (sulfide) groups is 1. The summed E-state index contributed by atoms with van der Waals surface area (Å²) in [7, 11) is 0. The standard InChI is InChI=1S/C25H23N5OS/c1-15(2)24-28-30-22(26)20(23(31)27-25(30)32-24)12-18-14-29(21-10-5-4-9-19(18)21)13-17-8-6-7-16(3)11-17/h4-12,14-15,26H,13H2,1-3H3/b20-12+,26-22?. The second-order valence-corrected chi connectivity index (χ2v) is 9.32. The van der Waals surface area contributed by atoms with E-state index in [1.165, 1.54) is 27.9 Å². The number of carbonyl (C=O) groups excluding carboxylic acids is 1. The van der Waals surface area contributed by atoms with Crippen LogP contribution in [0.2, 0.25) is 0 Å². The van der Waals surface area contributed by atoms with E-state index in [0.717, 1.165) is 28.1 Å². The first-order chi connectivity index (χ1) is 15.4. The first-order valence-corrected chi connectivity index (χ1v) is 11.4. The zero-order valence-electron chi connectivity index (χ0n) is 18.2. The third-order valence-corrected chi connectivity index (χ3v) is 6.73. The average molecular weight is 442 g/mol. The van der Waals surface area contributed by atoms with E-state index < -0.39 is 5.91 Å². The van der Waals surface area contributed by atoms with Gasteiger partial charge in [0.2, 0.25) is 5.17 Å². The third-order valence-electron chi connectivity index (χ3n) is 5.52. The minimum absolute atomic E-state index is 0.0682. The molecule has 0 fully saturated rings. The van der Waals surface area contributed by atoms with Crippen LogP contribution in [-0.2, 0) is 11.3 Å². The molecule has 6 nitrogen and oxygen atoms in total. The number of aliphatic imine (C=N–C) groups is 1. The lowest BCUT2D eigenvalue weighted by molar-refractivity contribution is -0.114. The average Bonchev–Trinajstić information content (AvgIpc) is 3.34. The lowest BCUT2D eigenvalue weighted by Gasteiger charge is -2.20. The number of fused-ring (bicyclic) bond motifs is 2. The summed E-state index contributed by atoms with van der Waals surface area (Å²) in [6, 6.07) is 16.6. The number of hydrazone groups is 1. The predicted octanol–water partition coefficient (Wildman–Crippen LogP) is 5.27. The summed E-state index contributed by atoms with van der Waals surface area (Å²) < 4.78 is 2.18. The van der Waals surface area contributed by atoms with Crippen molar-refractivity contribution in [3.05, 3.63) is 77.0 Å². The number of amides is 1. The highest BCUT2D eigenvalue weighted by Crippen LogP contribution is 2.32. The molecule has 0 spiro atoms. The van der Waals surface area contributed by atoms with E-state index in [1.807, 2.05) is 38.2 Å². The van der Waals surface area contributed by atoms with Crippen LogP contribution in [0, 0.1) is 18.3 Å². The summed E-state index contributed by atoms with van der Waals surface area (Å²) in [4.78, 5) is 17.0. The number of nitrogens with one attached hydrogen (secondary N) is 1. The summed E-state index contributed by atoms with van der Waals surface area (Å²) in [5, 5.41) is 17.0. The lowest BCUT2D eigenvalue weighted by atomic mass is 10.1. The minimum atomic E-state index is -0.399. The molecule has 0 saturated heterocycles. The number of para-hydroxylation sites is 1. The second-order valence-electron chi connectivity index (χ2n) is 8.33. The number of carbonyl (C=O) groups is 1. The Kier molecular flexibility index (Phi) is 5.06. The van der Waals surface area contributed by atoms with Crippen molar-refractivity contribution < 1.29 is 4.79 Å². The summed E-state index contributed by atoms with van der Waals surface area (Å²) in [6.07, 6.45) is 3.81. The van der Waals surface area contributed by atoms with Crippen molar-refractivity contribution in [2.75, 3.05) is 0 Å². The number of benzene rings is 2. The van der Waals surface area contributed by atoms with Gasteiger partial charge in [-0.2, -0.15) is 15.1 Å². The van der Waals surface area contributed by atoms with Crippen LogP contribution >= 0.6 is 11.8 Å². The van der Waals surface area contributed by atoms with Crippen molar-refractivity contribution in [2.24, 2.45) is 16.0 Å². The number of aromatic nitrogens is 1. The number of hydrogen-bond acceptors (Lipinski definition) is 4. The largest absolute Gasteiger partial charge is 0.342 e. The van der Waals surface area contributed by atoms with Crippen molar-refractivity contribution >= 4 is 50.7 Å². The lowest BCUT2D eigenvalue weighted by Crippen LogP contribution is -2.35. The van der Waals surface area contributed by atoms with Gasteiger partial charge in [0.15, 0.2) is 5.84 Å². The van der Waals surface area contributed by atoms with Gasteiger partial charge in [0.1, 0.15) is 5.04 Å². The Bertz CT molecular complexity index is 1360. The maximum absolute atomic E-state index is 12.8. The number of hydrogen-bond donors (Lipinski definition) is 1. The highest BCUT2D eigenvalue weighted by atomic mass is 32.2. The van der Waals surface area contributed by atoms with E-state index in [-0.39, 0.29) is 17.3 Å². The monoisotopic (exact) mass is 441 g/mol. The van der Waals surface area contributed by atoms with Gasteiger partial charge in [-0.25, -0.2) is 0 Å². The molecule has 2 aromatic carbocycles. The zero-order chi connectivity index (χ0) is 22.4. The van der Waals surface area contributed by atoms with Gasteiger partial charge in [0.05, 0.1) is 5.57 Å². The van der Waals surface area contributed by atoms with Crippen molar-refractivity contribution in [3.8, 4) is 0 Å². The fourth-order valence-corrected chi connectivity index (χ4v) is 4.82. The maximum Gasteiger partial charge on any atom is 0.283 e. The summed E-state index contributed by atoms with van der Waals surface area (Å²) in [5.74, 6) is -0.119. The van der Waals surface area contributed by atoms with Crippen LogP contribution in [0.25, 0.3) is 17.0 Å². The molecule has 5 rings (SSSR count). The van der Waals surface area contributed by atoms with Gasteiger partial charge in [-0.3, -0.25) is 10.2 Å². The molecule has 1 N–H and O–H groups in total. The van der Waals surface area contributed by atoms with Gasteiger partial charge in [-0.15, -0.1) is 0 Å². The van der Waals surface area contributed by atoms with Gasteiger partial charge >= 0.3 is 0 Å². The van der Waals surface area contributed by atoms with Crippen LogP contribution in [0.3, 0.4) is 0 Å². The molecule has 1 aromatic heterocycles. The maximum atomic E-state index is 12.8. The van der Waals surface area contributed by atoms with Crippen LogP contribution in [0.5, 0.6) is 0 Å². The Morgan fingerprint density at radius 1 is 1.16 bits per heavy atom. The Hall–Kier alpha value is -3.45. The molecular weight excluding hydrogens is 418 g/mol. The molecule has 0 aliphatic carbocycles. The zero-order valence-corrected chi connectivity index (χ0v) is 19.0. The van der Waals surface area contributed by atoms with Crippen molar-refractivity contribution in [2.45, 2.75) is 27.3 Å². The molecule has 2 aliphatic heterocycles. The first-order valence-electron chi connectivity index (χ1n) is 10.5. The van der Waals surface area contributed by atoms with Crippen LogP contribution in [-0.4, -0.2) is 31.5 Å². The normalized spacial score (nSPS) is 17.4.